The highest BCUT2D eigenvalue weighted by Gasteiger charge is 2.29. The molecule has 1 heterocycles. The molecule has 0 aliphatic rings. The highest BCUT2D eigenvalue weighted by molar-refractivity contribution is 5.95. The van der Waals surface area contributed by atoms with Gasteiger partial charge in [0.25, 0.3) is 17.2 Å². The average Bonchev–Trinajstić information content (AvgIpc) is 2.96. The number of nitro benzene ring substituents is 1. The first-order valence-corrected chi connectivity index (χ1v) is 13.7. The number of carbonyl (C=O) groups is 1. The van der Waals surface area contributed by atoms with Crippen molar-refractivity contribution in [1.82, 2.24) is 14.5 Å². The number of fused-ring (bicyclic) bond motifs is 2. The number of para-hydroxylation sites is 1. The molecule has 0 fully saturated rings. The second-order valence-corrected chi connectivity index (χ2v) is 10.8. The Morgan fingerprint density at radius 2 is 1.66 bits per heavy atom. The number of nitro groups is 1. The molecule has 0 spiro atoms. The van der Waals surface area contributed by atoms with E-state index < -0.39 is 11.0 Å². The van der Waals surface area contributed by atoms with E-state index in [1.54, 1.807) is 40.7 Å². The van der Waals surface area contributed by atoms with Crippen LogP contribution in [0.25, 0.3) is 27.4 Å². The molecule has 0 saturated carbocycles. The maximum atomic E-state index is 14.0. The van der Waals surface area contributed by atoms with Gasteiger partial charge in [-0.15, -0.1) is 0 Å². The van der Waals surface area contributed by atoms with Crippen molar-refractivity contribution in [2.24, 2.45) is 5.92 Å². The monoisotopic (exact) mass is 548 g/mol. The zero-order valence-corrected chi connectivity index (χ0v) is 23.6. The first-order chi connectivity index (χ1) is 19.7. The highest BCUT2D eigenvalue weighted by atomic mass is 16.6. The smallest absolute Gasteiger partial charge is 0.273 e. The van der Waals surface area contributed by atoms with Gasteiger partial charge in [0.05, 0.1) is 27.6 Å². The van der Waals surface area contributed by atoms with Crippen LogP contribution in [0, 0.1) is 23.0 Å². The third-order valence-corrected chi connectivity index (χ3v) is 7.50. The number of benzene rings is 4. The largest absolute Gasteiger partial charge is 0.329 e. The zero-order chi connectivity index (χ0) is 29.3. The summed E-state index contributed by atoms with van der Waals surface area (Å²) in [5.41, 5.74) is 1.56. The molecule has 208 valence electrons. The van der Waals surface area contributed by atoms with E-state index in [4.69, 9.17) is 4.98 Å². The maximum Gasteiger partial charge on any atom is 0.273 e. The molecule has 0 radical (unpaired) electrons. The number of hydrogen-bond acceptors (Lipinski definition) is 5. The number of aryl methyl sites for hydroxylation is 1. The molecule has 41 heavy (non-hydrogen) atoms. The van der Waals surface area contributed by atoms with Gasteiger partial charge in [-0.1, -0.05) is 62.4 Å². The molecule has 1 aromatic heterocycles. The fourth-order valence-electron chi connectivity index (χ4n) is 5.11. The predicted octanol–water partition coefficient (Wildman–Crippen LogP) is 7.01. The first kappa shape index (κ1) is 27.7. The molecular weight excluding hydrogens is 516 g/mol. The molecule has 1 unspecified atom stereocenters. The first-order valence-electron chi connectivity index (χ1n) is 13.7. The van der Waals surface area contributed by atoms with Crippen LogP contribution in [0.15, 0.2) is 89.7 Å². The summed E-state index contributed by atoms with van der Waals surface area (Å²) in [6, 6.07) is 24.8. The van der Waals surface area contributed by atoms with Gasteiger partial charge in [-0.3, -0.25) is 24.3 Å². The van der Waals surface area contributed by atoms with Crippen molar-refractivity contribution in [3.05, 3.63) is 122 Å². The SMILES string of the molecule is Cc1ccc(C(=O)N(CCC(C)C)C(C)c2nc3ccccc3c(=O)n2-c2ccc3ccccc3c2)cc1[N+](=O)[O-]. The maximum absolute atomic E-state index is 14.0. The number of aromatic nitrogens is 2. The summed E-state index contributed by atoms with van der Waals surface area (Å²) < 4.78 is 1.59. The predicted molar refractivity (Wildman–Crippen MR) is 162 cm³/mol. The Labute approximate surface area is 238 Å². The van der Waals surface area contributed by atoms with E-state index in [1.165, 1.54) is 6.07 Å². The van der Waals surface area contributed by atoms with Gasteiger partial charge in [-0.25, -0.2) is 4.98 Å². The fourth-order valence-corrected chi connectivity index (χ4v) is 5.11. The van der Waals surface area contributed by atoms with Crippen LogP contribution >= 0.6 is 0 Å². The van der Waals surface area contributed by atoms with Gasteiger partial charge in [0.15, 0.2) is 0 Å². The summed E-state index contributed by atoms with van der Waals surface area (Å²) in [5.74, 6) is 0.369. The van der Waals surface area contributed by atoms with E-state index in [9.17, 15) is 19.7 Å². The molecule has 8 heteroatoms. The molecule has 1 amide bonds. The van der Waals surface area contributed by atoms with Crippen molar-refractivity contribution in [1.29, 1.82) is 0 Å². The van der Waals surface area contributed by atoms with E-state index >= 15 is 0 Å². The minimum atomic E-state index is -0.620. The number of carbonyl (C=O) groups excluding carboxylic acids is 1. The number of nitrogens with zero attached hydrogens (tertiary/aromatic N) is 4. The van der Waals surface area contributed by atoms with Crippen molar-refractivity contribution in [2.75, 3.05) is 6.54 Å². The number of hydrogen-bond donors (Lipinski definition) is 0. The Bertz CT molecular complexity index is 1840. The Hall–Kier alpha value is -4.85. The molecule has 0 saturated heterocycles. The van der Waals surface area contributed by atoms with E-state index in [0.29, 0.717) is 46.9 Å². The van der Waals surface area contributed by atoms with E-state index in [-0.39, 0.29) is 22.7 Å². The molecule has 8 nitrogen and oxygen atoms in total. The third kappa shape index (κ3) is 5.45. The lowest BCUT2D eigenvalue weighted by atomic mass is 10.1. The Morgan fingerprint density at radius 3 is 2.39 bits per heavy atom. The molecule has 0 N–H and O–H groups in total. The minimum absolute atomic E-state index is 0.107. The summed E-state index contributed by atoms with van der Waals surface area (Å²) in [6.07, 6.45) is 0.706. The van der Waals surface area contributed by atoms with Gasteiger partial charge < -0.3 is 4.90 Å². The Balaban J connectivity index is 1.69. The third-order valence-electron chi connectivity index (χ3n) is 7.50. The summed E-state index contributed by atoms with van der Waals surface area (Å²) in [7, 11) is 0. The Kier molecular flexibility index (Phi) is 7.66. The Morgan fingerprint density at radius 1 is 0.951 bits per heavy atom. The molecular formula is C33H32N4O4. The average molecular weight is 549 g/mol. The van der Waals surface area contributed by atoms with Crippen molar-refractivity contribution < 1.29 is 9.72 Å². The molecule has 0 bridgehead atoms. The summed E-state index contributed by atoms with van der Waals surface area (Å²) in [4.78, 5) is 45.8. The van der Waals surface area contributed by atoms with Crippen LogP contribution in [-0.4, -0.2) is 31.8 Å². The highest BCUT2D eigenvalue weighted by Crippen LogP contribution is 2.28. The van der Waals surface area contributed by atoms with Crippen molar-refractivity contribution in [2.45, 2.75) is 40.2 Å². The molecule has 5 rings (SSSR count). The summed E-state index contributed by atoms with van der Waals surface area (Å²) >= 11 is 0. The standard InChI is InChI=1S/C33H32N4O4/c1-21(2)17-18-35(32(38)26-14-13-22(3)30(20-26)37(40)41)23(4)31-34-29-12-8-7-11-28(29)33(39)36(31)27-16-15-24-9-5-6-10-25(24)19-27/h5-16,19-21,23H,17-18H2,1-4H3. The van der Waals surface area contributed by atoms with E-state index in [0.717, 1.165) is 10.8 Å². The van der Waals surface area contributed by atoms with Gasteiger partial charge in [-0.2, -0.15) is 0 Å². The minimum Gasteiger partial charge on any atom is -0.329 e. The van der Waals surface area contributed by atoms with Crippen LogP contribution in [0.4, 0.5) is 5.69 Å². The molecule has 5 aromatic rings. The lowest BCUT2D eigenvalue weighted by Crippen LogP contribution is -2.38. The van der Waals surface area contributed by atoms with Crippen LogP contribution in [0.1, 0.15) is 55.0 Å². The topological polar surface area (TPSA) is 98.3 Å². The lowest BCUT2D eigenvalue weighted by molar-refractivity contribution is -0.385. The normalized spacial score (nSPS) is 12.1. The molecule has 4 aromatic carbocycles. The van der Waals surface area contributed by atoms with Crippen LogP contribution < -0.4 is 5.56 Å². The summed E-state index contributed by atoms with van der Waals surface area (Å²) in [5, 5.41) is 14.1. The van der Waals surface area contributed by atoms with Crippen LogP contribution in [0.2, 0.25) is 0 Å². The molecule has 0 aliphatic heterocycles. The second-order valence-electron chi connectivity index (χ2n) is 10.8. The van der Waals surface area contributed by atoms with E-state index in [1.807, 2.05) is 61.5 Å². The van der Waals surface area contributed by atoms with Crippen molar-refractivity contribution in [3.8, 4) is 5.69 Å². The summed E-state index contributed by atoms with van der Waals surface area (Å²) in [6.45, 7) is 8.04. The van der Waals surface area contributed by atoms with Crippen molar-refractivity contribution >= 4 is 33.3 Å². The van der Waals surface area contributed by atoms with Gasteiger partial charge in [0.2, 0.25) is 0 Å². The molecule has 1 atom stereocenters. The van der Waals surface area contributed by atoms with Gasteiger partial charge in [-0.05, 0) is 67.3 Å². The van der Waals surface area contributed by atoms with Crippen LogP contribution in [0.3, 0.4) is 0 Å². The van der Waals surface area contributed by atoms with Gasteiger partial charge >= 0.3 is 0 Å². The number of amides is 1. The quantitative estimate of drug-likeness (QED) is 0.153. The van der Waals surface area contributed by atoms with Gasteiger partial charge in [0.1, 0.15) is 5.82 Å². The van der Waals surface area contributed by atoms with Crippen LogP contribution in [0.5, 0.6) is 0 Å². The number of rotatable bonds is 8. The molecule has 0 aliphatic carbocycles. The lowest BCUT2D eigenvalue weighted by Gasteiger charge is -2.31. The van der Waals surface area contributed by atoms with Crippen molar-refractivity contribution in [3.63, 3.8) is 0 Å². The van der Waals surface area contributed by atoms with Gasteiger partial charge in [0, 0.05) is 23.7 Å². The van der Waals surface area contributed by atoms with Crippen LogP contribution in [-0.2, 0) is 0 Å². The zero-order valence-electron chi connectivity index (χ0n) is 23.6. The fraction of sp³-hybridized carbons (Fsp3) is 0.242. The second kappa shape index (κ2) is 11.3. The van der Waals surface area contributed by atoms with E-state index in [2.05, 4.69) is 13.8 Å².